The predicted molar refractivity (Wildman–Crippen MR) is 116 cm³/mol. The van der Waals surface area contributed by atoms with Gasteiger partial charge in [-0.15, -0.1) is 0 Å². The van der Waals surface area contributed by atoms with Crippen LogP contribution in [0.5, 0.6) is 5.75 Å². The summed E-state index contributed by atoms with van der Waals surface area (Å²) < 4.78 is 9.76. The van der Waals surface area contributed by atoms with Gasteiger partial charge in [0.05, 0.1) is 6.54 Å². The molecule has 0 saturated heterocycles. The van der Waals surface area contributed by atoms with Gasteiger partial charge in [0.1, 0.15) is 18.5 Å². The summed E-state index contributed by atoms with van der Waals surface area (Å²) in [5.41, 5.74) is 0.615. The lowest BCUT2D eigenvalue weighted by atomic mass is 10.2. The summed E-state index contributed by atoms with van der Waals surface area (Å²) in [6.45, 7) is 6.83. The monoisotopic (exact) mass is 415 g/mol. The maximum absolute atomic E-state index is 12.8. The molecule has 3 rings (SSSR count). The fraction of sp³-hybridized carbons (Fsp3) is 0.476. The number of para-hydroxylation sites is 1. The van der Waals surface area contributed by atoms with Crippen molar-refractivity contribution in [3.63, 3.8) is 0 Å². The molecule has 3 aromatic rings. The minimum atomic E-state index is -0.886. The highest BCUT2D eigenvalue weighted by Gasteiger charge is 2.21. The summed E-state index contributed by atoms with van der Waals surface area (Å²) in [5.74, 6) is 1.48. The third kappa shape index (κ3) is 4.25. The van der Waals surface area contributed by atoms with Crippen LogP contribution in [0.15, 0.2) is 33.9 Å². The van der Waals surface area contributed by atoms with Crippen LogP contribution in [0.3, 0.4) is 0 Å². The molecular formula is C21H29N5O4. The fourth-order valence-electron chi connectivity index (χ4n) is 3.22. The minimum Gasteiger partial charge on any atom is -0.491 e. The molecule has 0 saturated carbocycles. The van der Waals surface area contributed by atoms with E-state index in [2.05, 4.69) is 24.1 Å². The van der Waals surface area contributed by atoms with E-state index in [1.807, 2.05) is 31.2 Å². The Balaban J connectivity index is 1.95. The van der Waals surface area contributed by atoms with E-state index in [0.29, 0.717) is 24.2 Å². The second-order valence-corrected chi connectivity index (χ2v) is 7.93. The Morgan fingerprint density at radius 3 is 2.53 bits per heavy atom. The van der Waals surface area contributed by atoms with Crippen LogP contribution < -0.4 is 21.3 Å². The lowest BCUT2D eigenvalue weighted by Crippen LogP contribution is -2.38. The molecule has 2 heterocycles. The number of nitrogens with one attached hydrogen (secondary N) is 1. The largest absolute Gasteiger partial charge is 0.491 e. The molecule has 2 N–H and O–H groups in total. The van der Waals surface area contributed by atoms with Crippen molar-refractivity contribution in [2.24, 2.45) is 20.0 Å². The molecule has 162 valence electrons. The predicted octanol–water partition coefficient (Wildman–Crippen LogP) is 1.25. The first kappa shape index (κ1) is 21.6. The van der Waals surface area contributed by atoms with E-state index >= 15 is 0 Å². The Hall–Kier alpha value is -3.07. The summed E-state index contributed by atoms with van der Waals surface area (Å²) in [7, 11) is 3.01. The van der Waals surface area contributed by atoms with Crippen LogP contribution in [0.25, 0.3) is 11.2 Å². The number of aliphatic hydroxyl groups excluding tert-OH is 1. The van der Waals surface area contributed by atoms with Crippen molar-refractivity contribution in [1.29, 1.82) is 0 Å². The summed E-state index contributed by atoms with van der Waals surface area (Å²) >= 11 is 0. The number of rotatable bonds is 8. The lowest BCUT2D eigenvalue weighted by Gasteiger charge is -2.17. The zero-order valence-electron chi connectivity index (χ0n) is 18.0. The van der Waals surface area contributed by atoms with Crippen LogP contribution in [0, 0.1) is 12.8 Å². The van der Waals surface area contributed by atoms with Crippen molar-refractivity contribution in [2.75, 3.05) is 18.5 Å². The van der Waals surface area contributed by atoms with Crippen molar-refractivity contribution in [2.45, 2.75) is 33.4 Å². The molecule has 1 aromatic carbocycles. The van der Waals surface area contributed by atoms with Crippen molar-refractivity contribution >= 4 is 17.1 Å². The quantitative estimate of drug-likeness (QED) is 0.574. The van der Waals surface area contributed by atoms with Crippen LogP contribution in [-0.2, 0) is 20.6 Å². The topological polar surface area (TPSA) is 103 Å². The lowest BCUT2D eigenvalue weighted by molar-refractivity contribution is 0.0935. The third-order valence-corrected chi connectivity index (χ3v) is 4.93. The maximum Gasteiger partial charge on any atom is 0.332 e. The molecule has 0 fully saturated rings. The second kappa shape index (κ2) is 8.74. The summed E-state index contributed by atoms with van der Waals surface area (Å²) in [6, 6.07) is 7.57. The Kier molecular flexibility index (Phi) is 6.31. The molecule has 1 unspecified atom stereocenters. The zero-order chi connectivity index (χ0) is 22.0. The number of nitrogens with zero attached hydrogens (tertiary/aromatic N) is 4. The molecule has 9 nitrogen and oxygen atoms in total. The Morgan fingerprint density at radius 2 is 1.87 bits per heavy atom. The van der Waals surface area contributed by atoms with Crippen molar-refractivity contribution in [1.82, 2.24) is 18.7 Å². The molecule has 0 aliphatic heterocycles. The molecular weight excluding hydrogens is 386 g/mol. The summed E-state index contributed by atoms with van der Waals surface area (Å²) in [4.78, 5) is 29.6. The van der Waals surface area contributed by atoms with E-state index in [0.717, 1.165) is 10.1 Å². The Labute approximate surface area is 174 Å². The highest BCUT2D eigenvalue weighted by Crippen LogP contribution is 2.19. The summed E-state index contributed by atoms with van der Waals surface area (Å²) in [5, 5.41) is 13.9. The van der Waals surface area contributed by atoms with Gasteiger partial charge in [0, 0.05) is 20.6 Å². The Bertz CT molecular complexity index is 1160. The molecule has 0 bridgehead atoms. The number of aromatic nitrogens is 4. The van der Waals surface area contributed by atoms with Crippen LogP contribution in [0.4, 0.5) is 5.95 Å². The summed E-state index contributed by atoms with van der Waals surface area (Å²) in [6.07, 6.45) is -0.886. The average molecular weight is 415 g/mol. The molecule has 9 heteroatoms. The van der Waals surface area contributed by atoms with Gasteiger partial charge < -0.3 is 19.7 Å². The molecule has 30 heavy (non-hydrogen) atoms. The van der Waals surface area contributed by atoms with Gasteiger partial charge in [0.2, 0.25) is 5.95 Å². The highest BCUT2D eigenvalue weighted by atomic mass is 16.5. The standard InChI is InChI=1S/C21H29N5O4/c1-13(2)10-22-20-23-18-17(19(28)25(5)21(29)24(18)4)26(20)11-15(27)12-30-16-9-7-6-8-14(16)3/h6-9,13,15,27H,10-12H2,1-5H3,(H,22,23). The average Bonchev–Trinajstić information content (AvgIpc) is 3.06. The van der Waals surface area contributed by atoms with Gasteiger partial charge in [0.15, 0.2) is 11.2 Å². The van der Waals surface area contributed by atoms with Crippen LogP contribution >= 0.6 is 0 Å². The molecule has 0 aliphatic rings. The molecule has 0 radical (unpaired) electrons. The van der Waals surface area contributed by atoms with Crippen LogP contribution in [0.1, 0.15) is 19.4 Å². The molecule has 0 spiro atoms. The zero-order valence-corrected chi connectivity index (χ0v) is 18.0. The van der Waals surface area contributed by atoms with Crippen LogP contribution in [0.2, 0.25) is 0 Å². The minimum absolute atomic E-state index is 0.0558. The van der Waals surface area contributed by atoms with E-state index in [4.69, 9.17) is 4.74 Å². The number of fused-ring (bicyclic) bond motifs is 1. The molecule has 0 amide bonds. The van der Waals surface area contributed by atoms with Gasteiger partial charge in [0.25, 0.3) is 5.56 Å². The highest BCUT2D eigenvalue weighted by molar-refractivity contribution is 5.74. The van der Waals surface area contributed by atoms with Crippen molar-refractivity contribution < 1.29 is 9.84 Å². The number of ether oxygens (including phenoxy) is 1. The van der Waals surface area contributed by atoms with Gasteiger partial charge in [-0.25, -0.2) is 4.79 Å². The van der Waals surface area contributed by atoms with E-state index in [-0.39, 0.29) is 24.3 Å². The number of anilines is 1. The smallest absolute Gasteiger partial charge is 0.332 e. The van der Waals surface area contributed by atoms with Crippen molar-refractivity contribution in [3.8, 4) is 5.75 Å². The van der Waals surface area contributed by atoms with Gasteiger partial charge >= 0.3 is 5.69 Å². The second-order valence-electron chi connectivity index (χ2n) is 7.93. The molecule has 2 aromatic heterocycles. The van der Waals surface area contributed by atoms with E-state index < -0.39 is 17.4 Å². The molecule has 1 atom stereocenters. The number of benzene rings is 1. The first-order valence-electron chi connectivity index (χ1n) is 9.97. The van der Waals surface area contributed by atoms with E-state index in [1.165, 1.54) is 11.6 Å². The fourth-order valence-corrected chi connectivity index (χ4v) is 3.22. The van der Waals surface area contributed by atoms with Crippen molar-refractivity contribution in [3.05, 3.63) is 50.7 Å². The van der Waals surface area contributed by atoms with Gasteiger partial charge in [-0.05, 0) is 24.5 Å². The first-order valence-corrected chi connectivity index (χ1v) is 9.97. The Morgan fingerprint density at radius 1 is 1.17 bits per heavy atom. The maximum atomic E-state index is 12.8. The SMILES string of the molecule is Cc1ccccc1OCC(O)Cn1c(NCC(C)C)nc2c1c(=O)n(C)c(=O)n2C. The van der Waals surface area contributed by atoms with Gasteiger partial charge in [-0.3, -0.25) is 13.9 Å². The third-order valence-electron chi connectivity index (χ3n) is 4.93. The number of aryl methyl sites for hydroxylation is 2. The molecule has 0 aliphatic carbocycles. The number of aliphatic hydroxyl groups is 1. The normalized spacial score (nSPS) is 12.5. The van der Waals surface area contributed by atoms with E-state index in [9.17, 15) is 14.7 Å². The van der Waals surface area contributed by atoms with E-state index in [1.54, 1.807) is 11.6 Å². The first-order chi connectivity index (χ1) is 14.2. The number of hydrogen-bond donors (Lipinski definition) is 2. The number of hydrogen-bond acceptors (Lipinski definition) is 6. The van der Waals surface area contributed by atoms with Gasteiger partial charge in [-0.1, -0.05) is 32.0 Å². The number of imidazole rings is 1. The van der Waals surface area contributed by atoms with Gasteiger partial charge in [-0.2, -0.15) is 4.98 Å². The van der Waals surface area contributed by atoms with Crippen LogP contribution in [-0.4, -0.2) is 43.0 Å².